The first-order valence-electron chi connectivity index (χ1n) is 21.0. The molecule has 318 valence electrons. The maximum atomic E-state index is 12.8. The smallest absolute Gasteiger partial charge is 0.462 e. The standard InChI is InChI=1S/C40H75O13P/c1-3-5-7-9-11-13-15-16-17-18-19-21-23-25-27-29-34(42)52-32(30-50-33(41)28-26-24-22-20-14-12-10-8-6-4-2)31-51-54(48,49)53-40-38(46)36(44)35(43)37(45)39(40)47/h16-17,32,35-40,43-47H,3-15,18-31H2,1-2H3,(H,48,49)/b17-16-/t32-,35?,36-,37?,38?,39?,40?/m1/s1. The van der Waals surface area contributed by atoms with Crippen LogP contribution in [0.15, 0.2) is 12.2 Å². The quantitative estimate of drug-likeness (QED) is 0.0166. The number of allylic oxidation sites excluding steroid dienone is 2. The van der Waals surface area contributed by atoms with Gasteiger partial charge in [0.2, 0.25) is 0 Å². The van der Waals surface area contributed by atoms with Crippen molar-refractivity contribution in [3.8, 4) is 0 Å². The van der Waals surface area contributed by atoms with Crippen molar-refractivity contribution in [1.29, 1.82) is 0 Å². The van der Waals surface area contributed by atoms with Crippen LogP contribution in [-0.4, -0.2) is 98.3 Å². The van der Waals surface area contributed by atoms with Crippen LogP contribution in [0.2, 0.25) is 0 Å². The molecule has 0 aromatic rings. The van der Waals surface area contributed by atoms with E-state index >= 15 is 0 Å². The number of rotatable bonds is 34. The van der Waals surface area contributed by atoms with Crippen LogP contribution in [0.3, 0.4) is 0 Å². The summed E-state index contributed by atoms with van der Waals surface area (Å²) in [6.45, 7) is 3.25. The summed E-state index contributed by atoms with van der Waals surface area (Å²) in [4.78, 5) is 35.5. The summed E-state index contributed by atoms with van der Waals surface area (Å²) in [5.74, 6) is -1.11. The van der Waals surface area contributed by atoms with Gasteiger partial charge < -0.3 is 39.9 Å². The van der Waals surface area contributed by atoms with Crippen molar-refractivity contribution in [3.05, 3.63) is 12.2 Å². The summed E-state index contributed by atoms with van der Waals surface area (Å²) in [5.41, 5.74) is 0. The lowest BCUT2D eigenvalue weighted by Crippen LogP contribution is -2.64. The fourth-order valence-electron chi connectivity index (χ4n) is 6.40. The summed E-state index contributed by atoms with van der Waals surface area (Å²) in [6, 6.07) is 0. The highest BCUT2D eigenvalue weighted by molar-refractivity contribution is 7.47. The van der Waals surface area contributed by atoms with Crippen LogP contribution < -0.4 is 0 Å². The highest BCUT2D eigenvalue weighted by Crippen LogP contribution is 2.47. The first kappa shape index (κ1) is 50.6. The summed E-state index contributed by atoms with van der Waals surface area (Å²) in [7, 11) is -5.11. The van der Waals surface area contributed by atoms with Crippen LogP contribution in [0.5, 0.6) is 0 Å². The minimum Gasteiger partial charge on any atom is -0.462 e. The predicted octanol–water partition coefficient (Wildman–Crippen LogP) is 7.11. The lowest BCUT2D eigenvalue weighted by molar-refractivity contribution is -0.220. The molecule has 1 saturated carbocycles. The van der Waals surface area contributed by atoms with E-state index in [2.05, 4.69) is 26.0 Å². The Kier molecular flexibility index (Phi) is 29.7. The zero-order valence-corrected chi connectivity index (χ0v) is 34.2. The Hall–Kier alpha value is -1.41. The van der Waals surface area contributed by atoms with Gasteiger partial charge in [0.05, 0.1) is 6.61 Å². The molecule has 0 heterocycles. The molecule has 1 aliphatic rings. The number of phosphoric acid groups is 1. The number of ether oxygens (including phenoxy) is 2. The third-order valence-corrected chi connectivity index (χ3v) is 10.8. The number of aliphatic hydroxyl groups is 5. The van der Waals surface area contributed by atoms with Crippen molar-refractivity contribution in [2.45, 2.75) is 217 Å². The molecule has 0 amide bonds. The normalized spacial score (nSPS) is 23.3. The number of carbonyl (C=O) groups is 2. The summed E-state index contributed by atoms with van der Waals surface area (Å²) >= 11 is 0. The molecule has 1 rings (SSSR count). The number of carbonyl (C=O) groups excluding carboxylic acids is 2. The fraction of sp³-hybridized carbons (Fsp3) is 0.900. The summed E-state index contributed by atoms with van der Waals surface area (Å²) in [5, 5.41) is 50.0. The van der Waals surface area contributed by atoms with Gasteiger partial charge in [0.25, 0.3) is 0 Å². The number of hydrogen-bond donors (Lipinski definition) is 6. The van der Waals surface area contributed by atoms with Gasteiger partial charge in [-0.25, -0.2) is 4.57 Å². The molecule has 6 unspecified atom stereocenters. The summed E-state index contributed by atoms with van der Waals surface area (Å²) < 4.78 is 33.4. The van der Waals surface area contributed by atoms with Gasteiger partial charge in [-0.05, 0) is 38.5 Å². The third-order valence-electron chi connectivity index (χ3n) is 9.86. The maximum absolute atomic E-state index is 12.8. The topological polar surface area (TPSA) is 210 Å². The van der Waals surface area contributed by atoms with E-state index in [0.29, 0.717) is 12.8 Å². The van der Waals surface area contributed by atoms with E-state index in [-0.39, 0.29) is 12.8 Å². The molecule has 0 aromatic heterocycles. The molecule has 0 radical (unpaired) electrons. The molecule has 54 heavy (non-hydrogen) atoms. The highest BCUT2D eigenvalue weighted by Gasteiger charge is 2.51. The largest absolute Gasteiger partial charge is 0.472 e. The number of hydrogen-bond acceptors (Lipinski definition) is 12. The molecule has 14 heteroatoms. The Morgan fingerprint density at radius 2 is 0.944 bits per heavy atom. The van der Waals surface area contributed by atoms with Crippen molar-refractivity contribution in [2.75, 3.05) is 13.2 Å². The van der Waals surface area contributed by atoms with Gasteiger partial charge in [-0.1, -0.05) is 135 Å². The minimum atomic E-state index is -5.11. The SMILES string of the molecule is CCCCCCCC/C=C\CCCCCCCC(=O)O[C@H](COC(=O)CCCCCCCCCCCC)COP(=O)(O)OC1C(O)C(O)C(O)[C@@H](O)C1O. The van der Waals surface area contributed by atoms with E-state index < -0.39 is 75.7 Å². The van der Waals surface area contributed by atoms with Crippen molar-refractivity contribution in [2.24, 2.45) is 0 Å². The van der Waals surface area contributed by atoms with Crippen LogP contribution in [0.1, 0.15) is 174 Å². The third kappa shape index (κ3) is 24.3. The first-order valence-corrected chi connectivity index (χ1v) is 22.5. The van der Waals surface area contributed by atoms with Crippen molar-refractivity contribution in [3.63, 3.8) is 0 Å². The van der Waals surface area contributed by atoms with Crippen LogP contribution >= 0.6 is 7.82 Å². The molecule has 0 bridgehead atoms. The number of unbranched alkanes of at least 4 members (excludes halogenated alkanes) is 20. The fourth-order valence-corrected chi connectivity index (χ4v) is 7.37. The molecule has 8 atom stereocenters. The lowest BCUT2D eigenvalue weighted by atomic mass is 9.85. The van der Waals surface area contributed by atoms with Gasteiger partial charge in [-0.2, -0.15) is 0 Å². The Bertz CT molecular complexity index is 1010. The van der Waals surface area contributed by atoms with Gasteiger partial charge in [0, 0.05) is 12.8 Å². The van der Waals surface area contributed by atoms with Gasteiger partial charge >= 0.3 is 19.8 Å². The number of aliphatic hydroxyl groups excluding tert-OH is 5. The van der Waals surface area contributed by atoms with Crippen molar-refractivity contribution in [1.82, 2.24) is 0 Å². The van der Waals surface area contributed by atoms with Crippen LogP contribution in [0, 0.1) is 0 Å². The highest BCUT2D eigenvalue weighted by atomic mass is 31.2. The van der Waals surface area contributed by atoms with Gasteiger partial charge in [-0.3, -0.25) is 18.6 Å². The molecule has 0 aliphatic heterocycles. The van der Waals surface area contributed by atoms with E-state index in [9.17, 15) is 44.6 Å². The van der Waals surface area contributed by atoms with E-state index in [0.717, 1.165) is 57.8 Å². The van der Waals surface area contributed by atoms with Gasteiger partial charge in [-0.15, -0.1) is 0 Å². The lowest BCUT2D eigenvalue weighted by Gasteiger charge is -2.41. The predicted molar refractivity (Wildman–Crippen MR) is 207 cm³/mol. The Morgan fingerprint density at radius 3 is 1.41 bits per heavy atom. The zero-order chi connectivity index (χ0) is 40.0. The maximum Gasteiger partial charge on any atom is 0.472 e. The van der Waals surface area contributed by atoms with Gasteiger partial charge in [0.15, 0.2) is 6.10 Å². The van der Waals surface area contributed by atoms with E-state index in [1.807, 2.05) is 0 Å². The second kappa shape index (κ2) is 31.6. The average molecular weight is 795 g/mol. The Morgan fingerprint density at radius 1 is 0.556 bits per heavy atom. The average Bonchev–Trinajstić information content (AvgIpc) is 3.15. The van der Waals surface area contributed by atoms with E-state index in [1.165, 1.54) is 77.0 Å². The van der Waals surface area contributed by atoms with E-state index in [1.54, 1.807) is 0 Å². The molecule has 13 nitrogen and oxygen atoms in total. The Labute approximate surface area is 324 Å². The van der Waals surface area contributed by atoms with Crippen molar-refractivity contribution >= 4 is 19.8 Å². The van der Waals surface area contributed by atoms with Crippen LogP contribution in [0.4, 0.5) is 0 Å². The molecule has 0 saturated heterocycles. The van der Waals surface area contributed by atoms with Gasteiger partial charge in [0.1, 0.15) is 43.2 Å². The second-order valence-electron chi connectivity index (χ2n) is 14.8. The second-order valence-corrected chi connectivity index (χ2v) is 16.3. The molecular formula is C40H75O13P. The van der Waals surface area contributed by atoms with E-state index in [4.69, 9.17) is 18.5 Å². The summed E-state index contributed by atoms with van der Waals surface area (Å²) in [6.07, 6.45) is 17.1. The molecular weight excluding hydrogens is 719 g/mol. The molecule has 1 fully saturated rings. The van der Waals surface area contributed by atoms with Crippen molar-refractivity contribution < 1.29 is 63.1 Å². The molecule has 1 aliphatic carbocycles. The molecule has 0 spiro atoms. The number of phosphoric ester groups is 1. The van der Waals surface area contributed by atoms with Crippen LogP contribution in [-0.2, 0) is 32.7 Å². The van der Waals surface area contributed by atoms with Crippen LogP contribution in [0.25, 0.3) is 0 Å². The molecule has 6 N–H and O–H groups in total. The first-order chi connectivity index (χ1) is 25.9. The minimum absolute atomic E-state index is 0.0903. The molecule has 0 aromatic carbocycles. The monoisotopic (exact) mass is 794 g/mol. The zero-order valence-electron chi connectivity index (χ0n) is 33.3. The number of esters is 2. The Balaban J connectivity index is 2.51.